The first-order chi connectivity index (χ1) is 6.94. The first-order valence-electron chi connectivity index (χ1n) is 6.08. The van der Waals surface area contributed by atoms with Crippen LogP contribution in [0, 0.1) is 5.92 Å². The number of nitrogens with two attached hydrogens (primary N) is 1. The van der Waals surface area contributed by atoms with Gasteiger partial charge < -0.3 is 15.7 Å². The van der Waals surface area contributed by atoms with Crippen LogP contribution in [-0.2, 0) is 0 Å². The van der Waals surface area contributed by atoms with Gasteiger partial charge in [0.15, 0.2) is 0 Å². The summed E-state index contributed by atoms with van der Waals surface area (Å²) in [6.07, 6.45) is 3.65. The second kappa shape index (κ2) is 5.28. The predicted molar refractivity (Wildman–Crippen MR) is 63.7 cm³/mol. The number of aliphatic hydroxyl groups is 1. The van der Waals surface area contributed by atoms with Crippen LogP contribution < -0.4 is 5.73 Å². The molecule has 0 aliphatic heterocycles. The van der Waals surface area contributed by atoms with Crippen LogP contribution in [0.1, 0.15) is 40.0 Å². The molecule has 1 saturated carbocycles. The molecule has 1 aliphatic carbocycles. The molecular weight excluding hydrogens is 188 g/mol. The van der Waals surface area contributed by atoms with E-state index in [4.69, 9.17) is 10.8 Å². The maximum atomic E-state index is 9.10. The van der Waals surface area contributed by atoms with Gasteiger partial charge in [0.1, 0.15) is 0 Å². The van der Waals surface area contributed by atoms with Crippen molar-refractivity contribution in [1.29, 1.82) is 0 Å². The maximum absolute atomic E-state index is 9.10. The molecule has 1 unspecified atom stereocenters. The van der Waals surface area contributed by atoms with Gasteiger partial charge in [-0.3, -0.25) is 0 Å². The summed E-state index contributed by atoms with van der Waals surface area (Å²) >= 11 is 0. The molecule has 0 aromatic carbocycles. The van der Waals surface area contributed by atoms with Crippen molar-refractivity contribution < 1.29 is 5.11 Å². The maximum Gasteiger partial charge on any atom is 0.0608 e. The Balaban J connectivity index is 2.30. The minimum atomic E-state index is -0.420. The fourth-order valence-electron chi connectivity index (χ4n) is 1.67. The zero-order valence-electron chi connectivity index (χ0n) is 10.4. The van der Waals surface area contributed by atoms with Crippen LogP contribution in [0.2, 0.25) is 0 Å². The monoisotopic (exact) mass is 214 g/mol. The second-order valence-electron chi connectivity index (χ2n) is 5.59. The van der Waals surface area contributed by atoms with Crippen molar-refractivity contribution in [1.82, 2.24) is 4.90 Å². The lowest BCUT2D eigenvalue weighted by molar-refractivity contribution is 0.155. The van der Waals surface area contributed by atoms with Gasteiger partial charge in [-0.1, -0.05) is 0 Å². The van der Waals surface area contributed by atoms with Crippen molar-refractivity contribution in [2.24, 2.45) is 11.7 Å². The highest BCUT2D eigenvalue weighted by molar-refractivity contribution is 4.83. The Morgan fingerprint density at radius 2 is 2.07 bits per heavy atom. The molecule has 3 N–H and O–H groups in total. The normalized spacial score (nSPS) is 21.0. The fourth-order valence-corrected chi connectivity index (χ4v) is 1.67. The van der Waals surface area contributed by atoms with Gasteiger partial charge in [-0.05, 0) is 46.0 Å². The molecule has 90 valence electrons. The highest BCUT2D eigenvalue weighted by Gasteiger charge is 2.26. The highest BCUT2D eigenvalue weighted by Crippen LogP contribution is 2.30. The first-order valence-corrected chi connectivity index (χ1v) is 6.08. The zero-order valence-corrected chi connectivity index (χ0v) is 10.4. The number of aliphatic hydroxyl groups excluding tert-OH is 1. The van der Waals surface area contributed by atoms with E-state index in [0.29, 0.717) is 6.04 Å². The molecule has 0 radical (unpaired) electrons. The van der Waals surface area contributed by atoms with E-state index in [0.717, 1.165) is 18.9 Å². The lowest BCUT2D eigenvalue weighted by Crippen LogP contribution is -2.45. The number of hydrogen-bond acceptors (Lipinski definition) is 3. The lowest BCUT2D eigenvalue weighted by atomic mass is 10.00. The average molecular weight is 214 g/mol. The van der Waals surface area contributed by atoms with Crippen molar-refractivity contribution in [3.8, 4) is 0 Å². The summed E-state index contributed by atoms with van der Waals surface area (Å²) in [6, 6.07) is 0.583. The minimum Gasteiger partial charge on any atom is -0.394 e. The van der Waals surface area contributed by atoms with Crippen LogP contribution in [0.5, 0.6) is 0 Å². The van der Waals surface area contributed by atoms with Gasteiger partial charge in [-0.25, -0.2) is 0 Å². The van der Waals surface area contributed by atoms with Gasteiger partial charge in [0.25, 0.3) is 0 Å². The second-order valence-corrected chi connectivity index (χ2v) is 5.59. The Labute approximate surface area is 93.6 Å². The summed E-state index contributed by atoms with van der Waals surface area (Å²) in [4.78, 5) is 2.48. The summed E-state index contributed by atoms with van der Waals surface area (Å²) in [5, 5.41) is 9.10. The molecule has 3 nitrogen and oxygen atoms in total. The third kappa shape index (κ3) is 4.96. The van der Waals surface area contributed by atoms with Crippen LogP contribution >= 0.6 is 0 Å². The molecule has 3 heteroatoms. The Morgan fingerprint density at radius 3 is 2.47 bits per heavy atom. The molecule has 1 atom stereocenters. The van der Waals surface area contributed by atoms with E-state index in [1.807, 2.05) is 6.92 Å². The van der Waals surface area contributed by atoms with Gasteiger partial charge in [0.05, 0.1) is 6.61 Å². The molecule has 1 rings (SSSR count). The summed E-state index contributed by atoms with van der Waals surface area (Å²) in [5.41, 5.74) is 5.51. The molecule has 0 saturated heterocycles. The predicted octanol–water partition coefficient (Wildman–Crippen LogP) is 1.21. The van der Waals surface area contributed by atoms with Crippen molar-refractivity contribution in [2.75, 3.05) is 19.7 Å². The zero-order chi connectivity index (χ0) is 11.5. The largest absolute Gasteiger partial charge is 0.394 e. The van der Waals surface area contributed by atoms with Gasteiger partial charge >= 0.3 is 0 Å². The fraction of sp³-hybridized carbons (Fsp3) is 1.00. The minimum absolute atomic E-state index is 0.0718. The summed E-state index contributed by atoms with van der Waals surface area (Å²) in [6.45, 7) is 8.66. The van der Waals surface area contributed by atoms with Gasteiger partial charge in [-0.2, -0.15) is 0 Å². The van der Waals surface area contributed by atoms with Gasteiger partial charge in [-0.15, -0.1) is 0 Å². The Kier molecular flexibility index (Phi) is 4.56. The summed E-state index contributed by atoms with van der Waals surface area (Å²) in [7, 11) is 0. The molecule has 0 amide bonds. The quantitative estimate of drug-likeness (QED) is 0.669. The van der Waals surface area contributed by atoms with Crippen LogP contribution in [-0.4, -0.2) is 41.3 Å². The molecule has 1 fully saturated rings. The molecule has 0 heterocycles. The van der Waals surface area contributed by atoms with Crippen LogP contribution in [0.3, 0.4) is 0 Å². The first kappa shape index (κ1) is 12.9. The van der Waals surface area contributed by atoms with E-state index in [9.17, 15) is 0 Å². The van der Waals surface area contributed by atoms with E-state index in [1.165, 1.54) is 19.4 Å². The van der Waals surface area contributed by atoms with E-state index >= 15 is 0 Å². The highest BCUT2D eigenvalue weighted by atomic mass is 16.3. The molecule has 0 aromatic heterocycles. The van der Waals surface area contributed by atoms with Crippen molar-refractivity contribution in [2.45, 2.75) is 51.6 Å². The Hall–Kier alpha value is -0.120. The topological polar surface area (TPSA) is 49.5 Å². The number of hydrogen-bond donors (Lipinski definition) is 2. The third-order valence-corrected chi connectivity index (χ3v) is 3.25. The van der Waals surface area contributed by atoms with Gasteiger partial charge in [0, 0.05) is 24.7 Å². The molecular formula is C12H26N2O. The molecule has 15 heavy (non-hydrogen) atoms. The molecule has 0 bridgehead atoms. The van der Waals surface area contributed by atoms with Crippen LogP contribution in [0.25, 0.3) is 0 Å². The van der Waals surface area contributed by atoms with E-state index in [2.05, 4.69) is 18.7 Å². The number of nitrogens with zero attached hydrogens (tertiary/aromatic N) is 1. The third-order valence-electron chi connectivity index (χ3n) is 3.25. The Bertz CT molecular complexity index is 188. The van der Waals surface area contributed by atoms with Crippen molar-refractivity contribution >= 4 is 0 Å². The SMILES string of the molecule is CC(C)N(CCC(C)(N)CO)CC1CC1. The summed E-state index contributed by atoms with van der Waals surface area (Å²) in [5.74, 6) is 0.922. The average Bonchev–Trinajstić information content (AvgIpc) is 2.95. The van der Waals surface area contributed by atoms with Crippen LogP contribution in [0.15, 0.2) is 0 Å². The standard InChI is InChI=1S/C12H26N2O/c1-10(2)14(8-11-4-5-11)7-6-12(3,13)9-15/h10-11,15H,4-9,13H2,1-3H3. The number of rotatable bonds is 7. The van der Waals surface area contributed by atoms with Gasteiger partial charge in [0.2, 0.25) is 0 Å². The van der Waals surface area contributed by atoms with Crippen molar-refractivity contribution in [3.63, 3.8) is 0 Å². The van der Waals surface area contributed by atoms with E-state index in [-0.39, 0.29) is 6.61 Å². The van der Waals surface area contributed by atoms with E-state index in [1.54, 1.807) is 0 Å². The lowest BCUT2D eigenvalue weighted by Gasteiger charge is -2.30. The van der Waals surface area contributed by atoms with Crippen LogP contribution in [0.4, 0.5) is 0 Å². The smallest absolute Gasteiger partial charge is 0.0608 e. The summed E-state index contributed by atoms with van der Waals surface area (Å²) < 4.78 is 0. The van der Waals surface area contributed by atoms with E-state index < -0.39 is 5.54 Å². The molecule has 0 aromatic rings. The molecule has 1 aliphatic rings. The van der Waals surface area contributed by atoms with Crippen molar-refractivity contribution in [3.05, 3.63) is 0 Å². The molecule has 0 spiro atoms. The Morgan fingerprint density at radius 1 is 1.47 bits per heavy atom.